The Morgan fingerprint density at radius 3 is 2.70 bits per heavy atom. The molecular formula is C17H23N3O3. The molecule has 1 fully saturated rings. The Hall–Kier alpha value is -2.26. The third kappa shape index (κ3) is 5.46. The highest BCUT2D eigenvalue weighted by Crippen LogP contribution is 2.14. The topological polar surface area (TPSA) is 74.6 Å². The van der Waals surface area contributed by atoms with E-state index < -0.39 is 5.60 Å². The molecule has 1 N–H and O–H groups in total. The summed E-state index contributed by atoms with van der Waals surface area (Å²) in [7, 11) is 0. The summed E-state index contributed by atoms with van der Waals surface area (Å²) in [6, 6.07) is 9.10. The van der Waals surface area contributed by atoms with Crippen LogP contribution in [-0.2, 0) is 4.74 Å². The minimum absolute atomic E-state index is 0.0481. The smallest absolute Gasteiger partial charge is 0.410 e. The molecule has 124 valence electrons. The van der Waals surface area contributed by atoms with Crippen molar-refractivity contribution in [1.29, 1.82) is 5.26 Å². The van der Waals surface area contributed by atoms with Gasteiger partial charge in [0.1, 0.15) is 18.0 Å². The van der Waals surface area contributed by atoms with E-state index in [1.807, 2.05) is 20.8 Å². The number of rotatable bonds is 3. The fraction of sp³-hybridized carbons (Fsp3) is 0.529. The summed E-state index contributed by atoms with van der Waals surface area (Å²) >= 11 is 0. The number of nitrogens with zero attached hydrogens (tertiary/aromatic N) is 2. The van der Waals surface area contributed by atoms with Gasteiger partial charge in [-0.3, -0.25) is 0 Å². The molecule has 2 rings (SSSR count). The van der Waals surface area contributed by atoms with Crippen LogP contribution in [0.5, 0.6) is 5.75 Å². The van der Waals surface area contributed by atoms with Gasteiger partial charge in [0.25, 0.3) is 0 Å². The first-order valence-electron chi connectivity index (χ1n) is 7.71. The Morgan fingerprint density at radius 1 is 1.39 bits per heavy atom. The van der Waals surface area contributed by atoms with Gasteiger partial charge in [-0.1, -0.05) is 0 Å². The van der Waals surface area contributed by atoms with Crippen molar-refractivity contribution in [2.24, 2.45) is 0 Å². The van der Waals surface area contributed by atoms with Gasteiger partial charge in [0.15, 0.2) is 0 Å². The van der Waals surface area contributed by atoms with Crippen LogP contribution in [0.4, 0.5) is 4.79 Å². The number of benzene rings is 1. The van der Waals surface area contributed by atoms with Gasteiger partial charge in [-0.05, 0) is 45.0 Å². The molecule has 1 aromatic carbocycles. The van der Waals surface area contributed by atoms with Crippen molar-refractivity contribution in [3.8, 4) is 11.8 Å². The zero-order valence-corrected chi connectivity index (χ0v) is 13.8. The van der Waals surface area contributed by atoms with E-state index >= 15 is 0 Å². The number of nitriles is 1. The molecule has 0 aromatic heterocycles. The van der Waals surface area contributed by atoms with Gasteiger partial charge >= 0.3 is 6.09 Å². The van der Waals surface area contributed by atoms with Crippen molar-refractivity contribution in [3.05, 3.63) is 29.8 Å². The van der Waals surface area contributed by atoms with Crippen molar-refractivity contribution < 1.29 is 14.3 Å². The van der Waals surface area contributed by atoms with Gasteiger partial charge in [0.2, 0.25) is 0 Å². The number of piperazine rings is 1. The summed E-state index contributed by atoms with van der Waals surface area (Å²) in [6.45, 7) is 7.91. The SMILES string of the molecule is CC(C)(C)OC(=O)N1CCN[C@H](COc2ccc(C#N)cc2)C1. The van der Waals surface area contributed by atoms with Gasteiger partial charge in [-0.2, -0.15) is 5.26 Å². The van der Waals surface area contributed by atoms with E-state index in [9.17, 15) is 4.79 Å². The molecule has 0 spiro atoms. The van der Waals surface area contributed by atoms with Crippen molar-refractivity contribution in [3.63, 3.8) is 0 Å². The van der Waals surface area contributed by atoms with E-state index in [0.29, 0.717) is 37.6 Å². The molecule has 1 saturated heterocycles. The van der Waals surface area contributed by atoms with Crippen LogP contribution in [0.15, 0.2) is 24.3 Å². The second-order valence-electron chi connectivity index (χ2n) is 6.52. The number of nitrogens with one attached hydrogen (secondary N) is 1. The summed E-state index contributed by atoms with van der Waals surface area (Å²) in [5, 5.41) is 12.1. The predicted molar refractivity (Wildman–Crippen MR) is 86.2 cm³/mol. The molecule has 6 heteroatoms. The van der Waals surface area contributed by atoms with E-state index in [2.05, 4.69) is 11.4 Å². The first-order valence-corrected chi connectivity index (χ1v) is 7.71. The number of hydrogen-bond donors (Lipinski definition) is 1. The van der Waals surface area contributed by atoms with Crippen molar-refractivity contribution in [2.45, 2.75) is 32.4 Å². The highest BCUT2D eigenvalue weighted by atomic mass is 16.6. The molecule has 1 heterocycles. The van der Waals surface area contributed by atoms with Gasteiger partial charge < -0.3 is 19.7 Å². The molecule has 0 bridgehead atoms. The lowest BCUT2D eigenvalue weighted by Gasteiger charge is -2.34. The second kappa shape index (κ2) is 7.34. The van der Waals surface area contributed by atoms with Crippen LogP contribution in [0, 0.1) is 11.3 Å². The summed E-state index contributed by atoms with van der Waals surface area (Å²) in [5.41, 5.74) is 0.112. The van der Waals surface area contributed by atoms with Gasteiger partial charge in [0, 0.05) is 19.6 Å². The van der Waals surface area contributed by atoms with Crippen molar-refractivity contribution in [1.82, 2.24) is 10.2 Å². The summed E-state index contributed by atoms with van der Waals surface area (Å²) in [6.07, 6.45) is -0.289. The third-order valence-electron chi connectivity index (χ3n) is 3.34. The number of carbonyl (C=O) groups excluding carboxylic acids is 1. The fourth-order valence-corrected chi connectivity index (χ4v) is 2.25. The van der Waals surface area contributed by atoms with Gasteiger partial charge in [-0.25, -0.2) is 4.79 Å². The summed E-state index contributed by atoms with van der Waals surface area (Å²) in [4.78, 5) is 13.8. The van der Waals surface area contributed by atoms with Crippen LogP contribution >= 0.6 is 0 Å². The summed E-state index contributed by atoms with van der Waals surface area (Å²) in [5.74, 6) is 0.709. The fourth-order valence-electron chi connectivity index (χ4n) is 2.25. The molecule has 0 aliphatic carbocycles. The maximum absolute atomic E-state index is 12.1. The standard InChI is InChI=1S/C17H23N3O3/c1-17(2,3)23-16(21)20-9-8-19-14(11-20)12-22-15-6-4-13(10-18)5-7-15/h4-7,14,19H,8-9,11-12H2,1-3H3/t14-/m0/s1. The molecule has 1 atom stereocenters. The lowest BCUT2D eigenvalue weighted by Crippen LogP contribution is -2.55. The molecule has 1 aromatic rings. The lowest BCUT2D eigenvalue weighted by atomic mass is 10.2. The predicted octanol–water partition coefficient (Wildman–Crippen LogP) is 2.15. The largest absolute Gasteiger partial charge is 0.492 e. The Kier molecular flexibility index (Phi) is 5.45. The van der Waals surface area contributed by atoms with Gasteiger partial charge in [-0.15, -0.1) is 0 Å². The minimum Gasteiger partial charge on any atom is -0.492 e. The number of ether oxygens (including phenoxy) is 2. The quantitative estimate of drug-likeness (QED) is 0.924. The first kappa shape index (κ1) is 17.1. The summed E-state index contributed by atoms with van der Waals surface area (Å²) < 4.78 is 11.1. The molecule has 1 amide bonds. The molecular weight excluding hydrogens is 294 g/mol. The second-order valence-corrected chi connectivity index (χ2v) is 6.52. The molecule has 0 radical (unpaired) electrons. The number of carbonyl (C=O) groups is 1. The maximum Gasteiger partial charge on any atom is 0.410 e. The molecule has 1 aliphatic heterocycles. The van der Waals surface area contributed by atoms with E-state index in [1.165, 1.54) is 0 Å². The average molecular weight is 317 g/mol. The lowest BCUT2D eigenvalue weighted by molar-refractivity contribution is 0.0178. The zero-order chi connectivity index (χ0) is 16.9. The maximum atomic E-state index is 12.1. The average Bonchev–Trinajstić information content (AvgIpc) is 2.52. The highest BCUT2D eigenvalue weighted by Gasteiger charge is 2.27. The Bertz CT molecular complexity index is 572. The van der Waals surface area contributed by atoms with Crippen LogP contribution in [-0.4, -0.2) is 48.9 Å². The van der Waals surface area contributed by atoms with E-state index in [-0.39, 0.29) is 12.1 Å². The van der Waals surface area contributed by atoms with Crippen LogP contribution in [0.3, 0.4) is 0 Å². The highest BCUT2D eigenvalue weighted by molar-refractivity contribution is 5.68. The molecule has 23 heavy (non-hydrogen) atoms. The number of hydrogen-bond acceptors (Lipinski definition) is 5. The van der Waals surface area contributed by atoms with E-state index in [0.717, 1.165) is 0 Å². The Morgan fingerprint density at radius 2 is 2.09 bits per heavy atom. The molecule has 1 aliphatic rings. The first-order chi connectivity index (χ1) is 10.9. The zero-order valence-electron chi connectivity index (χ0n) is 13.8. The van der Waals surface area contributed by atoms with E-state index in [1.54, 1.807) is 29.2 Å². The van der Waals surface area contributed by atoms with Crippen LogP contribution < -0.4 is 10.1 Å². The van der Waals surface area contributed by atoms with Crippen molar-refractivity contribution in [2.75, 3.05) is 26.2 Å². The van der Waals surface area contributed by atoms with Crippen LogP contribution in [0.25, 0.3) is 0 Å². The Labute approximate surface area is 137 Å². The molecule has 0 unspecified atom stereocenters. The third-order valence-corrected chi connectivity index (χ3v) is 3.34. The van der Waals surface area contributed by atoms with Crippen LogP contribution in [0.1, 0.15) is 26.3 Å². The van der Waals surface area contributed by atoms with Gasteiger partial charge in [0.05, 0.1) is 17.7 Å². The Balaban J connectivity index is 1.84. The minimum atomic E-state index is -0.490. The monoisotopic (exact) mass is 317 g/mol. The molecule has 0 saturated carbocycles. The number of amides is 1. The molecule has 6 nitrogen and oxygen atoms in total. The van der Waals surface area contributed by atoms with Crippen LogP contribution in [0.2, 0.25) is 0 Å². The van der Waals surface area contributed by atoms with Crippen molar-refractivity contribution >= 4 is 6.09 Å². The van der Waals surface area contributed by atoms with E-state index in [4.69, 9.17) is 14.7 Å². The normalized spacial score (nSPS) is 18.2.